The number of hydrogen-bond acceptors (Lipinski definition) is 3. The first-order chi connectivity index (χ1) is 7.58. The molecule has 0 N–H and O–H groups in total. The molecule has 0 saturated carbocycles. The highest BCUT2D eigenvalue weighted by Crippen LogP contribution is 2.21. The highest BCUT2D eigenvalue weighted by atomic mass is 79.9. The van der Waals surface area contributed by atoms with Crippen LogP contribution >= 0.6 is 27.5 Å². The maximum absolute atomic E-state index is 11.2. The number of carbonyl (C=O) groups excluding carboxylic acids is 1. The summed E-state index contributed by atoms with van der Waals surface area (Å²) in [6.07, 6.45) is 0.390. The molecule has 0 radical (unpaired) electrons. The molecule has 0 bridgehead atoms. The minimum Gasteiger partial charge on any atom is -0.468 e. The topological polar surface area (TPSA) is 50.1 Å². The number of hydrogen-bond donors (Lipinski definition) is 0. The van der Waals surface area contributed by atoms with Crippen molar-refractivity contribution < 1.29 is 9.53 Å². The summed E-state index contributed by atoms with van der Waals surface area (Å²) >= 11 is 9.17. The Kier molecular flexibility index (Phi) is 4.78. The normalized spacial score (nSPS) is 11.6. The smallest absolute Gasteiger partial charge is 0.319 e. The second-order valence-electron chi connectivity index (χ2n) is 3.11. The van der Waals surface area contributed by atoms with Crippen LogP contribution in [0.1, 0.15) is 11.1 Å². The highest BCUT2D eigenvalue weighted by molar-refractivity contribution is 9.10. The van der Waals surface area contributed by atoms with Crippen molar-refractivity contribution in [1.82, 2.24) is 0 Å². The number of methoxy groups -OCH3 is 1. The largest absolute Gasteiger partial charge is 0.468 e. The number of ether oxygens (including phenoxy) is 1. The molecule has 1 unspecified atom stereocenters. The molecule has 3 nitrogen and oxygen atoms in total. The SMILES string of the molecule is COC(=O)C(Br)Cc1cc(C#N)ccc1Cl. The van der Waals surface area contributed by atoms with E-state index in [-0.39, 0.29) is 5.97 Å². The lowest BCUT2D eigenvalue weighted by molar-refractivity contribution is -0.139. The van der Waals surface area contributed by atoms with Crippen LogP contribution in [-0.2, 0) is 16.0 Å². The Morgan fingerprint density at radius 3 is 2.94 bits per heavy atom. The second-order valence-corrected chi connectivity index (χ2v) is 4.63. The van der Waals surface area contributed by atoms with Crippen molar-refractivity contribution in [2.45, 2.75) is 11.2 Å². The highest BCUT2D eigenvalue weighted by Gasteiger charge is 2.17. The fraction of sp³-hybridized carbons (Fsp3) is 0.273. The molecule has 0 aliphatic carbocycles. The van der Waals surface area contributed by atoms with Gasteiger partial charge in [0.2, 0.25) is 0 Å². The van der Waals surface area contributed by atoms with Crippen molar-refractivity contribution >= 4 is 33.5 Å². The fourth-order valence-corrected chi connectivity index (χ4v) is 1.94. The molecule has 0 aliphatic heterocycles. The van der Waals surface area contributed by atoms with E-state index in [1.165, 1.54) is 7.11 Å². The van der Waals surface area contributed by atoms with Crippen LogP contribution in [0.3, 0.4) is 0 Å². The van der Waals surface area contributed by atoms with Crippen molar-refractivity contribution in [2.75, 3.05) is 7.11 Å². The van der Waals surface area contributed by atoms with Gasteiger partial charge in [-0.25, -0.2) is 0 Å². The Balaban J connectivity index is 2.88. The molecule has 0 aromatic heterocycles. The zero-order valence-electron chi connectivity index (χ0n) is 8.54. The van der Waals surface area contributed by atoms with Gasteiger partial charge in [0.25, 0.3) is 0 Å². The Morgan fingerprint density at radius 1 is 1.69 bits per heavy atom. The zero-order valence-corrected chi connectivity index (χ0v) is 10.9. The lowest BCUT2D eigenvalue weighted by atomic mass is 10.1. The Hall–Kier alpha value is -1.05. The van der Waals surface area contributed by atoms with Gasteiger partial charge in [-0.05, 0) is 30.2 Å². The molecule has 1 rings (SSSR count). The van der Waals surface area contributed by atoms with E-state index in [0.29, 0.717) is 17.0 Å². The van der Waals surface area contributed by atoms with E-state index in [0.717, 1.165) is 5.56 Å². The Labute approximate surface area is 107 Å². The number of alkyl halides is 1. The van der Waals surface area contributed by atoms with Crippen LogP contribution in [0.5, 0.6) is 0 Å². The molecule has 5 heteroatoms. The predicted octanol–water partition coefficient (Wildman–Crippen LogP) is 2.69. The van der Waals surface area contributed by atoms with E-state index in [1.807, 2.05) is 6.07 Å². The lowest BCUT2D eigenvalue weighted by Gasteiger charge is -2.09. The molecule has 0 fully saturated rings. The van der Waals surface area contributed by atoms with E-state index in [9.17, 15) is 4.79 Å². The van der Waals surface area contributed by atoms with Crippen LogP contribution < -0.4 is 0 Å². The van der Waals surface area contributed by atoms with Gasteiger partial charge in [-0.15, -0.1) is 0 Å². The third-order valence-electron chi connectivity index (χ3n) is 2.03. The molecular formula is C11H9BrClNO2. The fourth-order valence-electron chi connectivity index (χ4n) is 1.21. The van der Waals surface area contributed by atoms with E-state index in [4.69, 9.17) is 16.9 Å². The van der Waals surface area contributed by atoms with Gasteiger partial charge in [0.1, 0.15) is 4.83 Å². The number of halogens is 2. The van der Waals surface area contributed by atoms with Gasteiger partial charge in [-0.3, -0.25) is 4.79 Å². The number of carbonyl (C=O) groups is 1. The minimum absolute atomic E-state index is 0.363. The molecule has 1 aromatic rings. The number of nitriles is 1. The molecule has 0 aliphatic rings. The van der Waals surface area contributed by atoms with Gasteiger partial charge in [-0.1, -0.05) is 27.5 Å². The Bertz CT molecular complexity index is 442. The van der Waals surface area contributed by atoms with Crippen LogP contribution in [0.2, 0.25) is 5.02 Å². The molecule has 1 aromatic carbocycles. The summed E-state index contributed by atoms with van der Waals surface area (Å²) in [5, 5.41) is 9.28. The summed E-state index contributed by atoms with van der Waals surface area (Å²) in [6.45, 7) is 0. The third kappa shape index (κ3) is 3.22. The molecule has 1 atom stereocenters. The van der Waals surface area contributed by atoms with Crippen molar-refractivity contribution in [2.24, 2.45) is 0 Å². The van der Waals surface area contributed by atoms with Crippen LogP contribution in [0.25, 0.3) is 0 Å². The summed E-state index contributed by atoms with van der Waals surface area (Å²) in [5.74, 6) is -0.363. The first kappa shape index (κ1) is 13.0. The third-order valence-corrected chi connectivity index (χ3v) is 3.10. The summed E-state index contributed by atoms with van der Waals surface area (Å²) in [6, 6.07) is 6.96. The molecule has 0 amide bonds. The molecule has 84 valence electrons. The average molecular weight is 303 g/mol. The van der Waals surface area contributed by atoms with Crippen molar-refractivity contribution in [3.05, 3.63) is 34.3 Å². The second kappa shape index (κ2) is 5.88. The van der Waals surface area contributed by atoms with E-state index in [2.05, 4.69) is 20.7 Å². The van der Waals surface area contributed by atoms with Crippen LogP contribution in [-0.4, -0.2) is 17.9 Å². The monoisotopic (exact) mass is 301 g/mol. The summed E-state index contributed by atoms with van der Waals surface area (Å²) in [7, 11) is 1.32. The van der Waals surface area contributed by atoms with Gasteiger partial charge in [0, 0.05) is 5.02 Å². The van der Waals surface area contributed by atoms with Gasteiger partial charge in [-0.2, -0.15) is 5.26 Å². The van der Waals surface area contributed by atoms with E-state index < -0.39 is 4.83 Å². The molecule has 0 heterocycles. The van der Waals surface area contributed by atoms with Crippen molar-refractivity contribution in [3.63, 3.8) is 0 Å². The maximum atomic E-state index is 11.2. The number of benzene rings is 1. The summed E-state index contributed by atoms with van der Waals surface area (Å²) in [4.78, 5) is 10.8. The lowest BCUT2D eigenvalue weighted by Crippen LogP contribution is -2.18. The average Bonchev–Trinajstić information content (AvgIpc) is 2.30. The Morgan fingerprint density at radius 2 is 2.38 bits per heavy atom. The van der Waals surface area contributed by atoms with Gasteiger partial charge in [0.15, 0.2) is 0 Å². The number of esters is 1. The van der Waals surface area contributed by atoms with Crippen molar-refractivity contribution in [1.29, 1.82) is 5.26 Å². The van der Waals surface area contributed by atoms with Gasteiger partial charge in [0.05, 0.1) is 18.7 Å². The molecular weight excluding hydrogens is 293 g/mol. The molecule has 0 saturated heterocycles. The maximum Gasteiger partial charge on any atom is 0.319 e. The van der Waals surface area contributed by atoms with Gasteiger partial charge >= 0.3 is 5.97 Å². The molecule has 0 spiro atoms. The predicted molar refractivity (Wildman–Crippen MR) is 64.6 cm³/mol. The summed E-state index contributed by atoms with van der Waals surface area (Å²) < 4.78 is 4.59. The minimum atomic E-state index is -0.455. The quantitative estimate of drug-likeness (QED) is 0.637. The standard InChI is InChI=1S/C11H9BrClNO2/c1-16-11(15)9(12)5-8-4-7(6-14)2-3-10(8)13/h2-4,9H,5H2,1H3. The number of nitrogens with zero attached hydrogens (tertiary/aromatic N) is 1. The van der Waals surface area contributed by atoms with Gasteiger partial charge < -0.3 is 4.74 Å². The van der Waals surface area contributed by atoms with Crippen LogP contribution in [0, 0.1) is 11.3 Å². The first-order valence-electron chi connectivity index (χ1n) is 4.49. The van der Waals surface area contributed by atoms with E-state index >= 15 is 0 Å². The first-order valence-corrected chi connectivity index (χ1v) is 5.78. The number of rotatable bonds is 3. The van der Waals surface area contributed by atoms with Crippen molar-refractivity contribution in [3.8, 4) is 6.07 Å². The summed E-state index contributed by atoms with van der Waals surface area (Å²) in [5.41, 5.74) is 1.26. The molecule has 16 heavy (non-hydrogen) atoms. The zero-order chi connectivity index (χ0) is 12.1. The van der Waals surface area contributed by atoms with Crippen LogP contribution in [0.4, 0.5) is 0 Å². The van der Waals surface area contributed by atoms with E-state index in [1.54, 1.807) is 18.2 Å². The van der Waals surface area contributed by atoms with Crippen LogP contribution in [0.15, 0.2) is 18.2 Å².